The Morgan fingerprint density at radius 1 is 1.44 bits per heavy atom. The lowest BCUT2D eigenvalue weighted by Crippen LogP contribution is -2.42. The van der Waals surface area contributed by atoms with Crippen LogP contribution in [0.2, 0.25) is 0 Å². The normalized spacial score (nSPS) is 29.9. The Morgan fingerprint density at radius 3 is 2.67 bits per heavy atom. The summed E-state index contributed by atoms with van der Waals surface area (Å²) in [4.78, 5) is 14.6. The number of nitrogens with one attached hydrogen (secondary N) is 1. The predicted molar refractivity (Wildman–Crippen MR) is 74.4 cm³/mol. The van der Waals surface area contributed by atoms with E-state index in [2.05, 4.69) is 31.0 Å². The van der Waals surface area contributed by atoms with Crippen LogP contribution in [-0.2, 0) is 4.79 Å². The van der Waals surface area contributed by atoms with Gasteiger partial charge in [-0.1, -0.05) is 20.8 Å². The summed E-state index contributed by atoms with van der Waals surface area (Å²) in [6, 6.07) is 0. The lowest BCUT2D eigenvalue weighted by Gasteiger charge is -2.30. The summed E-state index contributed by atoms with van der Waals surface area (Å²) in [5.74, 6) is 1.36. The molecular weight excluding hydrogens is 224 g/mol. The van der Waals surface area contributed by atoms with Gasteiger partial charge in [0.05, 0.1) is 0 Å². The zero-order chi connectivity index (χ0) is 13.2. The largest absolute Gasteiger partial charge is 0.342 e. The lowest BCUT2D eigenvalue weighted by molar-refractivity contribution is -0.134. The van der Waals surface area contributed by atoms with Crippen LogP contribution >= 0.6 is 0 Å². The highest BCUT2D eigenvalue weighted by Crippen LogP contribution is 2.52. The molecule has 2 rings (SSSR count). The molecule has 0 spiro atoms. The fraction of sp³-hybridized carbons (Fsp3) is 0.933. The molecule has 1 saturated heterocycles. The number of amides is 1. The maximum absolute atomic E-state index is 12.5. The molecule has 1 N–H and O–H groups in total. The van der Waals surface area contributed by atoms with Gasteiger partial charge in [0.2, 0.25) is 5.91 Å². The maximum atomic E-state index is 12.5. The Morgan fingerprint density at radius 2 is 2.17 bits per heavy atom. The van der Waals surface area contributed by atoms with Gasteiger partial charge in [-0.25, -0.2) is 0 Å². The van der Waals surface area contributed by atoms with E-state index in [4.69, 9.17) is 0 Å². The Balaban J connectivity index is 1.88. The summed E-state index contributed by atoms with van der Waals surface area (Å²) < 4.78 is 0. The summed E-state index contributed by atoms with van der Waals surface area (Å²) in [6.45, 7) is 10.7. The van der Waals surface area contributed by atoms with E-state index in [1.165, 1.54) is 12.8 Å². The van der Waals surface area contributed by atoms with Crippen LogP contribution in [0.5, 0.6) is 0 Å². The second-order valence-corrected chi connectivity index (χ2v) is 6.74. The van der Waals surface area contributed by atoms with Crippen molar-refractivity contribution in [2.24, 2.45) is 17.3 Å². The molecule has 2 atom stereocenters. The molecule has 2 aliphatic rings. The van der Waals surface area contributed by atoms with E-state index in [1.807, 2.05) is 0 Å². The van der Waals surface area contributed by atoms with Crippen molar-refractivity contribution in [2.75, 3.05) is 26.2 Å². The standard InChI is InChI=1S/C15H28N2O/c1-4-8-17(11-12-6-5-7-16-10-12)14(18)13-9-15(13,2)3/h12-13,16H,4-11H2,1-3H3. The molecule has 0 aromatic heterocycles. The molecule has 0 bridgehead atoms. The molecule has 1 amide bonds. The minimum absolute atomic E-state index is 0.258. The molecule has 1 heterocycles. The monoisotopic (exact) mass is 252 g/mol. The first kappa shape index (κ1) is 13.9. The molecule has 0 aromatic carbocycles. The molecule has 0 aromatic rings. The molecule has 18 heavy (non-hydrogen) atoms. The highest BCUT2D eigenvalue weighted by atomic mass is 16.2. The molecule has 104 valence electrons. The number of hydrogen-bond acceptors (Lipinski definition) is 2. The SMILES string of the molecule is CCCN(CC1CCCNC1)C(=O)C1CC1(C)C. The lowest BCUT2D eigenvalue weighted by atomic mass is 9.98. The fourth-order valence-electron chi connectivity index (χ4n) is 3.06. The molecular formula is C15H28N2O. The van der Waals surface area contributed by atoms with Crippen LogP contribution in [0.3, 0.4) is 0 Å². The topological polar surface area (TPSA) is 32.3 Å². The first-order valence-electron chi connectivity index (χ1n) is 7.54. The van der Waals surface area contributed by atoms with Crippen molar-refractivity contribution in [1.29, 1.82) is 0 Å². The van der Waals surface area contributed by atoms with E-state index in [-0.39, 0.29) is 5.41 Å². The van der Waals surface area contributed by atoms with Crippen LogP contribution in [-0.4, -0.2) is 37.0 Å². The second kappa shape index (κ2) is 5.60. The first-order chi connectivity index (χ1) is 8.54. The van der Waals surface area contributed by atoms with Crippen molar-refractivity contribution < 1.29 is 4.79 Å². The molecule has 2 fully saturated rings. The van der Waals surface area contributed by atoms with E-state index in [0.717, 1.165) is 39.0 Å². The minimum Gasteiger partial charge on any atom is -0.342 e. The third-order valence-electron chi connectivity index (χ3n) is 4.49. The van der Waals surface area contributed by atoms with Crippen molar-refractivity contribution in [1.82, 2.24) is 10.2 Å². The summed E-state index contributed by atoms with van der Waals surface area (Å²) in [7, 11) is 0. The van der Waals surface area contributed by atoms with E-state index in [1.54, 1.807) is 0 Å². The van der Waals surface area contributed by atoms with Gasteiger partial charge in [0.15, 0.2) is 0 Å². The zero-order valence-corrected chi connectivity index (χ0v) is 12.2. The molecule has 1 saturated carbocycles. The predicted octanol–water partition coefficient (Wildman–Crippen LogP) is 2.27. The number of carbonyl (C=O) groups is 1. The van der Waals surface area contributed by atoms with Gasteiger partial charge in [-0.3, -0.25) is 4.79 Å². The van der Waals surface area contributed by atoms with Gasteiger partial charge in [0, 0.05) is 19.0 Å². The van der Waals surface area contributed by atoms with Gasteiger partial charge < -0.3 is 10.2 Å². The van der Waals surface area contributed by atoms with Crippen molar-refractivity contribution in [3.05, 3.63) is 0 Å². The maximum Gasteiger partial charge on any atom is 0.226 e. The zero-order valence-electron chi connectivity index (χ0n) is 12.2. The van der Waals surface area contributed by atoms with Gasteiger partial charge in [-0.05, 0) is 50.1 Å². The van der Waals surface area contributed by atoms with Crippen LogP contribution in [0, 0.1) is 17.3 Å². The van der Waals surface area contributed by atoms with Gasteiger partial charge >= 0.3 is 0 Å². The Labute approximate surface area is 111 Å². The van der Waals surface area contributed by atoms with Crippen molar-refractivity contribution in [3.8, 4) is 0 Å². The number of rotatable bonds is 5. The first-order valence-corrected chi connectivity index (χ1v) is 7.54. The van der Waals surface area contributed by atoms with Crippen LogP contribution in [0.15, 0.2) is 0 Å². The third-order valence-corrected chi connectivity index (χ3v) is 4.49. The average Bonchev–Trinajstić information content (AvgIpc) is 2.98. The molecule has 2 unspecified atom stereocenters. The van der Waals surface area contributed by atoms with Crippen LogP contribution in [0.25, 0.3) is 0 Å². The smallest absolute Gasteiger partial charge is 0.226 e. The Bertz CT molecular complexity index is 295. The van der Waals surface area contributed by atoms with Crippen molar-refractivity contribution >= 4 is 5.91 Å². The van der Waals surface area contributed by atoms with Gasteiger partial charge in [0.1, 0.15) is 0 Å². The van der Waals surface area contributed by atoms with Crippen LogP contribution in [0.1, 0.15) is 46.5 Å². The average molecular weight is 252 g/mol. The summed E-state index contributed by atoms with van der Waals surface area (Å²) in [6.07, 6.45) is 4.68. The number of carbonyl (C=O) groups excluding carboxylic acids is 1. The van der Waals surface area contributed by atoms with Gasteiger partial charge in [-0.2, -0.15) is 0 Å². The second-order valence-electron chi connectivity index (χ2n) is 6.74. The fourth-order valence-corrected chi connectivity index (χ4v) is 3.06. The molecule has 0 radical (unpaired) electrons. The molecule has 1 aliphatic heterocycles. The molecule has 3 heteroatoms. The highest BCUT2D eigenvalue weighted by Gasteiger charge is 2.51. The van der Waals surface area contributed by atoms with E-state index >= 15 is 0 Å². The quantitative estimate of drug-likeness (QED) is 0.814. The summed E-state index contributed by atoms with van der Waals surface area (Å²) in [5, 5.41) is 3.44. The third kappa shape index (κ3) is 3.25. The molecule has 1 aliphatic carbocycles. The van der Waals surface area contributed by atoms with Gasteiger partial charge in [0.25, 0.3) is 0 Å². The van der Waals surface area contributed by atoms with E-state index in [9.17, 15) is 4.79 Å². The number of nitrogens with zero attached hydrogens (tertiary/aromatic N) is 1. The Kier molecular flexibility index (Phi) is 4.31. The highest BCUT2D eigenvalue weighted by molar-refractivity contribution is 5.82. The van der Waals surface area contributed by atoms with Crippen LogP contribution in [0.4, 0.5) is 0 Å². The number of hydrogen-bond donors (Lipinski definition) is 1. The minimum atomic E-state index is 0.258. The van der Waals surface area contributed by atoms with Crippen molar-refractivity contribution in [2.45, 2.75) is 46.5 Å². The van der Waals surface area contributed by atoms with E-state index in [0.29, 0.717) is 17.7 Å². The number of piperidine rings is 1. The molecule has 3 nitrogen and oxygen atoms in total. The summed E-state index contributed by atoms with van der Waals surface area (Å²) >= 11 is 0. The van der Waals surface area contributed by atoms with Gasteiger partial charge in [-0.15, -0.1) is 0 Å². The van der Waals surface area contributed by atoms with Crippen LogP contribution < -0.4 is 5.32 Å². The Hall–Kier alpha value is -0.570. The summed E-state index contributed by atoms with van der Waals surface area (Å²) in [5.41, 5.74) is 0.258. The van der Waals surface area contributed by atoms with Crippen molar-refractivity contribution in [3.63, 3.8) is 0 Å². The van der Waals surface area contributed by atoms with E-state index < -0.39 is 0 Å².